The molecule has 2 heterocycles. The quantitative estimate of drug-likeness (QED) is 0.398. The van der Waals surface area contributed by atoms with Crippen LogP contribution < -0.4 is 5.32 Å². The van der Waals surface area contributed by atoms with Gasteiger partial charge in [-0.3, -0.25) is 24.1 Å². The molecular weight excluding hydrogens is 442 g/mol. The third kappa shape index (κ3) is 5.45. The SMILES string of the molecule is CCCCC[C@@H]1CCC(=O)N1CCNC(=O)[C@H](Cc1ccccc1)N1C(=O)c2ccccc2C1=O. The summed E-state index contributed by atoms with van der Waals surface area (Å²) in [4.78, 5) is 55.0. The number of hydrogen-bond donors (Lipinski definition) is 1. The van der Waals surface area contributed by atoms with E-state index in [-0.39, 0.29) is 24.9 Å². The Morgan fingerprint density at radius 1 is 0.971 bits per heavy atom. The molecule has 1 fully saturated rings. The van der Waals surface area contributed by atoms with E-state index >= 15 is 0 Å². The minimum Gasteiger partial charge on any atom is -0.353 e. The number of nitrogens with one attached hydrogen (secondary N) is 1. The Balaban J connectivity index is 1.45. The van der Waals surface area contributed by atoms with Crippen LogP contribution in [0.4, 0.5) is 0 Å². The van der Waals surface area contributed by atoms with Crippen molar-refractivity contribution in [2.45, 2.75) is 64.0 Å². The number of carbonyl (C=O) groups excluding carboxylic acids is 4. The number of imide groups is 1. The lowest BCUT2D eigenvalue weighted by atomic mass is 10.0. The standard InChI is InChI=1S/C28H33N3O4/c1-2-3-5-12-21-15-16-25(32)30(21)18-17-29-26(33)24(19-20-10-6-4-7-11-20)31-27(34)22-13-8-9-14-23(22)28(31)35/h4,6-11,13-14,21,24H,2-3,5,12,15-19H2,1H3,(H,29,33)/t21-,24+/m1/s1. The first kappa shape index (κ1) is 24.6. The number of carbonyl (C=O) groups is 4. The number of nitrogens with zero attached hydrogens (tertiary/aromatic N) is 2. The minimum absolute atomic E-state index is 0.127. The van der Waals surface area contributed by atoms with Gasteiger partial charge in [0.25, 0.3) is 11.8 Å². The lowest BCUT2D eigenvalue weighted by Crippen LogP contribution is -2.52. The van der Waals surface area contributed by atoms with E-state index in [1.165, 1.54) is 0 Å². The van der Waals surface area contributed by atoms with Crippen LogP contribution in [0.5, 0.6) is 0 Å². The molecule has 0 saturated carbocycles. The smallest absolute Gasteiger partial charge is 0.262 e. The van der Waals surface area contributed by atoms with Gasteiger partial charge in [-0.15, -0.1) is 0 Å². The van der Waals surface area contributed by atoms with E-state index in [9.17, 15) is 19.2 Å². The average molecular weight is 476 g/mol. The summed E-state index contributed by atoms with van der Waals surface area (Å²) in [5.74, 6) is -1.17. The van der Waals surface area contributed by atoms with Crippen LogP contribution in [0.2, 0.25) is 0 Å². The molecule has 0 bridgehead atoms. The van der Waals surface area contributed by atoms with E-state index in [1.54, 1.807) is 24.3 Å². The first-order valence-electron chi connectivity index (χ1n) is 12.6. The predicted octanol–water partition coefficient (Wildman–Crippen LogP) is 3.58. The molecule has 0 aromatic heterocycles. The van der Waals surface area contributed by atoms with E-state index in [0.717, 1.165) is 42.6 Å². The second kappa shape index (κ2) is 11.3. The number of unbranched alkanes of at least 4 members (excludes halogenated alkanes) is 2. The fraction of sp³-hybridized carbons (Fsp3) is 0.429. The maximum atomic E-state index is 13.4. The molecule has 1 N–H and O–H groups in total. The maximum Gasteiger partial charge on any atom is 0.262 e. The van der Waals surface area contributed by atoms with Crippen LogP contribution in [-0.2, 0) is 16.0 Å². The van der Waals surface area contributed by atoms with Gasteiger partial charge in [0.05, 0.1) is 11.1 Å². The monoisotopic (exact) mass is 475 g/mol. The predicted molar refractivity (Wildman–Crippen MR) is 133 cm³/mol. The molecule has 2 aliphatic rings. The normalized spacial score (nSPS) is 18.2. The molecule has 7 nitrogen and oxygen atoms in total. The molecule has 4 amide bonds. The van der Waals surface area contributed by atoms with Gasteiger partial charge < -0.3 is 10.2 Å². The average Bonchev–Trinajstić information content (AvgIpc) is 3.35. The Labute approximate surface area is 206 Å². The van der Waals surface area contributed by atoms with Crippen molar-refractivity contribution < 1.29 is 19.2 Å². The van der Waals surface area contributed by atoms with Gasteiger partial charge in [0.2, 0.25) is 11.8 Å². The second-order valence-corrected chi connectivity index (χ2v) is 9.30. The van der Waals surface area contributed by atoms with Crippen molar-refractivity contribution in [1.29, 1.82) is 0 Å². The zero-order valence-electron chi connectivity index (χ0n) is 20.2. The van der Waals surface area contributed by atoms with Gasteiger partial charge in [-0.05, 0) is 30.5 Å². The summed E-state index contributed by atoms with van der Waals surface area (Å²) in [5, 5.41) is 2.90. The Morgan fingerprint density at radius 2 is 1.63 bits per heavy atom. The Bertz CT molecular complexity index is 1050. The maximum absolute atomic E-state index is 13.4. The lowest BCUT2D eigenvalue weighted by molar-refractivity contribution is -0.130. The lowest BCUT2D eigenvalue weighted by Gasteiger charge is -2.27. The van der Waals surface area contributed by atoms with Gasteiger partial charge in [-0.2, -0.15) is 0 Å². The highest BCUT2D eigenvalue weighted by Gasteiger charge is 2.42. The highest BCUT2D eigenvalue weighted by molar-refractivity contribution is 6.22. The number of rotatable bonds is 11. The topological polar surface area (TPSA) is 86.8 Å². The molecule has 4 rings (SSSR count). The molecule has 0 unspecified atom stereocenters. The Morgan fingerprint density at radius 3 is 2.29 bits per heavy atom. The molecule has 35 heavy (non-hydrogen) atoms. The number of benzene rings is 2. The van der Waals surface area contributed by atoms with Crippen molar-refractivity contribution in [3.63, 3.8) is 0 Å². The van der Waals surface area contributed by atoms with E-state index < -0.39 is 23.8 Å². The van der Waals surface area contributed by atoms with Crippen molar-refractivity contribution in [3.05, 3.63) is 71.3 Å². The molecular formula is C28H33N3O4. The Kier molecular flexibility index (Phi) is 7.95. The van der Waals surface area contributed by atoms with Gasteiger partial charge in [-0.25, -0.2) is 0 Å². The first-order valence-corrected chi connectivity index (χ1v) is 12.6. The van der Waals surface area contributed by atoms with Gasteiger partial charge in [0, 0.05) is 32.0 Å². The highest BCUT2D eigenvalue weighted by Crippen LogP contribution is 2.26. The largest absolute Gasteiger partial charge is 0.353 e. The van der Waals surface area contributed by atoms with Crippen LogP contribution >= 0.6 is 0 Å². The Hall–Kier alpha value is -3.48. The molecule has 7 heteroatoms. The summed E-state index contributed by atoms with van der Waals surface area (Å²) in [6, 6.07) is 15.3. The summed E-state index contributed by atoms with van der Waals surface area (Å²) in [6.45, 7) is 2.87. The molecule has 0 radical (unpaired) electrons. The summed E-state index contributed by atoms with van der Waals surface area (Å²) < 4.78 is 0. The fourth-order valence-corrected chi connectivity index (χ4v) is 5.08. The van der Waals surface area contributed by atoms with Crippen LogP contribution in [0, 0.1) is 0 Å². The van der Waals surface area contributed by atoms with E-state index in [2.05, 4.69) is 12.2 Å². The zero-order chi connectivity index (χ0) is 24.8. The number of amides is 4. The second-order valence-electron chi connectivity index (χ2n) is 9.30. The number of fused-ring (bicyclic) bond motifs is 1. The van der Waals surface area contributed by atoms with Gasteiger partial charge in [0.15, 0.2) is 0 Å². The molecule has 0 spiro atoms. The summed E-state index contributed by atoms with van der Waals surface area (Å²) in [5.41, 5.74) is 1.50. The molecule has 2 aliphatic heterocycles. The summed E-state index contributed by atoms with van der Waals surface area (Å²) >= 11 is 0. The van der Waals surface area contributed by atoms with Crippen molar-refractivity contribution in [2.75, 3.05) is 13.1 Å². The van der Waals surface area contributed by atoms with Crippen LogP contribution in [0.1, 0.15) is 71.7 Å². The minimum atomic E-state index is -0.973. The van der Waals surface area contributed by atoms with E-state index in [1.807, 2.05) is 35.2 Å². The van der Waals surface area contributed by atoms with E-state index in [4.69, 9.17) is 0 Å². The third-order valence-electron chi connectivity index (χ3n) is 6.96. The number of likely N-dealkylation sites (tertiary alicyclic amines) is 1. The molecule has 2 aromatic carbocycles. The van der Waals surface area contributed by atoms with Crippen LogP contribution in [0.3, 0.4) is 0 Å². The summed E-state index contributed by atoms with van der Waals surface area (Å²) in [7, 11) is 0. The van der Waals surface area contributed by atoms with Gasteiger partial charge >= 0.3 is 0 Å². The molecule has 2 aromatic rings. The summed E-state index contributed by atoms with van der Waals surface area (Å²) in [6.07, 6.45) is 6.00. The molecule has 2 atom stereocenters. The van der Waals surface area contributed by atoms with Crippen molar-refractivity contribution in [3.8, 4) is 0 Å². The van der Waals surface area contributed by atoms with Crippen LogP contribution in [0.25, 0.3) is 0 Å². The fourth-order valence-electron chi connectivity index (χ4n) is 5.08. The number of hydrogen-bond acceptors (Lipinski definition) is 4. The van der Waals surface area contributed by atoms with Crippen molar-refractivity contribution in [2.24, 2.45) is 0 Å². The highest BCUT2D eigenvalue weighted by atomic mass is 16.2. The van der Waals surface area contributed by atoms with Crippen LogP contribution in [-0.4, -0.2) is 58.6 Å². The third-order valence-corrected chi connectivity index (χ3v) is 6.96. The van der Waals surface area contributed by atoms with Crippen LogP contribution in [0.15, 0.2) is 54.6 Å². The molecule has 184 valence electrons. The zero-order valence-corrected chi connectivity index (χ0v) is 20.2. The molecule has 1 saturated heterocycles. The van der Waals surface area contributed by atoms with Gasteiger partial charge in [0.1, 0.15) is 6.04 Å². The van der Waals surface area contributed by atoms with E-state index in [0.29, 0.717) is 24.1 Å². The van der Waals surface area contributed by atoms with Crippen molar-refractivity contribution in [1.82, 2.24) is 15.1 Å². The van der Waals surface area contributed by atoms with Gasteiger partial charge in [-0.1, -0.05) is 68.7 Å². The molecule has 0 aliphatic carbocycles. The first-order chi connectivity index (χ1) is 17.0. The van der Waals surface area contributed by atoms with Crippen molar-refractivity contribution >= 4 is 23.6 Å².